The number of aldehydes is 1. The summed E-state index contributed by atoms with van der Waals surface area (Å²) < 4.78 is 0. The van der Waals surface area contributed by atoms with Crippen molar-refractivity contribution in [1.82, 2.24) is 36.8 Å². The Morgan fingerprint density at radius 3 is 1.67 bits per heavy atom. The highest BCUT2D eigenvalue weighted by molar-refractivity contribution is 6.29. The van der Waals surface area contributed by atoms with Crippen LogP contribution in [0.5, 0.6) is 0 Å². The number of ketones is 3. The van der Waals surface area contributed by atoms with Crippen molar-refractivity contribution in [2.24, 2.45) is 5.73 Å². The minimum Gasteiger partial charge on any atom is -0.481 e. The number of Topliss-reactive ketones (excluding diaryl/α,β-unsaturated/α-hetero) is 3. The lowest BCUT2D eigenvalue weighted by atomic mass is 9.68. The molecule has 0 aliphatic carbocycles. The van der Waals surface area contributed by atoms with E-state index in [0.717, 1.165) is 70.6 Å². The Bertz CT molecular complexity index is 2250. The molecule has 0 radical (unpaired) electrons. The maximum atomic E-state index is 16.3. The summed E-state index contributed by atoms with van der Waals surface area (Å²) >= 11 is 0. The number of hydrogen-bond donors (Lipinski definition) is 9. The van der Waals surface area contributed by atoms with Crippen LogP contribution in [0.15, 0.2) is 72.3 Å². The molecule has 432 valence electrons. The fraction of sp³-hybridized carbons (Fsp3) is 0.586. The fourth-order valence-corrected chi connectivity index (χ4v) is 9.43. The van der Waals surface area contributed by atoms with Gasteiger partial charge in [0, 0.05) is 19.3 Å². The van der Waals surface area contributed by atoms with Crippen molar-refractivity contribution in [2.75, 3.05) is 53.4 Å². The predicted molar refractivity (Wildman–Crippen MR) is 298 cm³/mol. The highest BCUT2D eigenvalue weighted by Gasteiger charge is 2.64. The molecule has 2 rings (SSSR count). The molecule has 0 heterocycles. The molecule has 0 saturated heterocycles. The molecule has 0 saturated carbocycles. The van der Waals surface area contributed by atoms with E-state index in [-0.39, 0.29) is 44.3 Å². The van der Waals surface area contributed by atoms with Crippen LogP contribution in [0.2, 0.25) is 0 Å². The van der Waals surface area contributed by atoms with E-state index >= 15 is 19.2 Å². The van der Waals surface area contributed by atoms with E-state index in [4.69, 9.17) is 5.73 Å². The van der Waals surface area contributed by atoms with Gasteiger partial charge in [-0.05, 0) is 75.9 Å². The van der Waals surface area contributed by atoms with Gasteiger partial charge in [-0.1, -0.05) is 151 Å². The molecule has 2 aromatic carbocycles. The number of allylic oxidation sites excluding steroid dienone is 1. The molecule has 78 heavy (non-hydrogen) atoms. The van der Waals surface area contributed by atoms with Crippen LogP contribution in [0.3, 0.4) is 0 Å². The minimum atomic E-state index is -3.55. The van der Waals surface area contributed by atoms with Crippen molar-refractivity contribution in [3.8, 4) is 0 Å². The number of hydrogen-bond acceptors (Lipinski definition) is 14. The van der Waals surface area contributed by atoms with Crippen molar-refractivity contribution < 1.29 is 58.2 Å². The highest BCUT2D eigenvalue weighted by atomic mass is 16.4. The number of carboxylic acids is 2. The molecule has 0 aliphatic heterocycles. The lowest BCUT2D eigenvalue weighted by Crippen LogP contribution is -2.78. The maximum absolute atomic E-state index is 16.3. The molecule has 0 aliphatic rings. The summed E-state index contributed by atoms with van der Waals surface area (Å²) in [6.45, 7) is 1.37. The quantitative estimate of drug-likeness (QED) is 0.0197. The number of nitrogens with zero attached hydrogens (tertiary/aromatic N) is 1. The third-order valence-corrected chi connectivity index (χ3v) is 13.5. The monoisotopic (exact) mass is 1090 g/mol. The van der Waals surface area contributed by atoms with E-state index in [1.54, 1.807) is 66.7 Å². The van der Waals surface area contributed by atoms with Gasteiger partial charge in [0.2, 0.25) is 29.2 Å². The van der Waals surface area contributed by atoms with Gasteiger partial charge in [-0.25, -0.2) is 0 Å². The first kappa shape index (κ1) is 67.6. The van der Waals surface area contributed by atoms with Gasteiger partial charge in [-0.2, -0.15) is 0 Å². The fourth-order valence-electron chi connectivity index (χ4n) is 9.43. The van der Waals surface area contributed by atoms with E-state index in [2.05, 4.69) is 45.7 Å². The summed E-state index contributed by atoms with van der Waals surface area (Å²) in [5, 5.41) is 35.7. The second kappa shape index (κ2) is 38.1. The zero-order valence-electron chi connectivity index (χ0n) is 46.5. The number of unbranched alkanes of at least 4 members (excludes halogenated alkanes) is 12. The standard InChI is InChI=1S/C58H88N8O12/c1-5-7-9-11-13-14-16-24-34-62-40-51(71)65-47(31-33-54(75)76)56(78)58(42-67,48(68)37-63-49(69)38-60-3)66(52(72)41-64-50(70)39-61-4)57(36-44-27-21-18-22-28-44,55(77)46(59)30-32-53(73)74)45(29-23-15-12-10-8-6-2)35-43-25-19-17-20-26-43/h17-22,25-29,42,46-47,60-62H,5-16,23-24,30-41,59H2,1-4H3,(H,63,69)(H,64,70)(H,65,71)(H,73,74)(H,75,76)/b45-29+/t46-,47-,57?,58-/m0/s1. The van der Waals surface area contributed by atoms with Crippen molar-refractivity contribution in [2.45, 2.75) is 165 Å². The SMILES string of the molecule is CCCCCCC/C=C(\Cc1ccccc1)C(Cc1ccccc1)(C(=O)[C@@H](N)CCC(=O)O)N(C(=O)CNC(=O)CNC)[C@@](C=O)(C(=O)CNC(=O)CNC)C(=O)[C@H](CCC(=O)O)NC(=O)CNCCCCCCCCCC. The average molecular weight is 1090 g/mol. The van der Waals surface area contributed by atoms with E-state index in [0.29, 0.717) is 29.0 Å². The summed E-state index contributed by atoms with van der Waals surface area (Å²) in [4.78, 5) is 145. The molecule has 4 atom stereocenters. The van der Waals surface area contributed by atoms with Crippen LogP contribution in [0, 0.1) is 0 Å². The smallest absolute Gasteiger partial charge is 0.303 e. The number of nitrogens with one attached hydrogen (secondary N) is 6. The number of likely N-dealkylation sites (N-methyl/N-ethyl adjacent to an activating group) is 2. The van der Waals surface area contributed by atoms with Crippen molar-refractivity contribution >= 4 is 59.2 Å². The van der Waals surface area contributed by atoms with E-state index in [1.807, 2.05) is 0 Å². The van der Waals surface area contributed by atoms with Gasteiger partial charge in [-0.15, -0.1) is 0 Å². The van der Waals surface area contributed by atoms with Gasteiger partial charge >= 0.3 is 11.9 Å². The van der Waals surface area contributed by atoms with Gasteiger partial charge in [0.05, 0.1) is 44.8 Å². The summed E-state index contributed by atoms with van der Waals surface area (Å²) in [6.07, 6.45) is 10.6. The van der Waals surface area contributed by atoms with Crippen LogP contribution in [-0.2, 0) is 60.8 Å². The Balaban J connectivity index is 3.31. The number of nitrogens with two attached hydrogens (primary N) is 1. The number of rotatable bonds is 45. The molecule has 0 aromatic heterocycles. The van der Waals surface area contributed by atoms with Gasteiger partial charge in [0.15, 0.2) is 23.6 Å². The Morgan fingerprint density at radius 1 is 0.615 bits per heavy atom. The Morgan fingerprint density at radius 2 is 1.13 bits per heavy atom. The normalized spacial score (nSPS) is 13.7. The topological polar surface area (TPSA) is 313 Å². The van der Waals surface area contributed by atoms with Gasteiger partial charge in [0.1, 0.15) is 5.54 Å². The minimum absolute atomic E-state index is 0.0704. The first-order valence-electron chi connectivity index (χ1n) is 27.7. The summed E-state index contributed by atoms with van der Waals surface area (Å²) in [6, 6.07) is 13.0. The predicted octanol–water partition coefficient (Wildman–Crippen LogP) is 3.91. The molecule has 2 aromatic rings. The number of aliphatic carboxylic acids is 2. The number of amides is 4. The van der Waals surface area contributed by atoms with E-state index < -0.39 is 121 Å². The largest absolute Gasteiger partial charge is 0.481 e. The van der Waals surface area contributed by atoms with Crippen LogP contribution in [0.25, 0.3) is 0 Å². The average Bonchev–Trinajstić information content (AvgIpc) is 3.63. The van der Waals surface area contributed by atoms with Crippen LogP contribution in [0.4, 0.5) is 0 Å². The van der Waals surface area contributed by atoms with Gasteiger partial charge in [0.25, 0.3) is 0 Å². The first-order valence-corrected chi connectivity index (χ1v) is 27.7. The zero-order chi connectivity index (χ0) is 57.8. The Hall–Kier alpha value is -6.48. The third kappa shape index (κ3) is 22.8. The van der Waals surface area contributed by atoms with Gasteiger partial charge < -0.3 is 47.8 Å². The number of carbonyl (C=O) groups excluding carboxylic acids is 8. The molecular formula is C58H88N8O12. The third-order valence-electron chi connectivity index (χ3n) is 13.5. The molecule has 4 amide bonds. The lowest BCUT2D eigenvalue weighted by molar-refractivity contribution is -0.167. The summed E-state index contributed by atoms with van der Waals surface area (Å²) in [7, 11) is 2.92. The molecule has 0 bridgehead atoms. The van der Waals surface area contributed by atoms with Crippen LogP contribution in [-0.4, -0.2) is 151 Å². The second-order valence-electron chi connectivity index (χ2n) is 19.7. The highest BCUT2D eigenvalue weighted by Crippen LogP contribution is 2.41. The van der Waals surface area contributed by atoms with Crippen molar-refractivity contribution in [1.29, 1.82) is 0 Å². The molecule has 0 spiro atoms. The Labute approximate surface area is 460 Å². The molecule has 20 nitrogen and oxygen atoms in total. The summed E-state index contributed by atoms with van der Waals surface area (Å²) in [5.41, 5.74) is 1.50. The first-order chi connectivity index (χ1) is 37.5. The molecule has 10 N–H and O–H groups in total. The zero-order valence-corrected chi connectivity index (χ0v) is 46.5. The van der Waals surface area contributed by atoms with Crippen molar-refractivity contribution in [3.63, 3.8) is 0 Å². The number of benzene rings is 2. The van der Waals surface area contributed by atoms with E-state index in [9.17, 15) is 39.0 Å². The Kier molecular flexibility index (Phi) is 33.1. The molecule has 1 unspecified atom stereocenters. The number of carbonyl (C=O) groups is 10. The van der Waals surface area contributed by atoms with Crippen molar-refractivity contribution in [3.05, 3.63) is 83.4 Å². The van der Waals surface area contributed by atoms with Crippen LogP contribution in [0.1, 0.15) is 141 Å². The van der Waals surface area contributed by atoms with Crippen LogP contribution < -0.4 is 37.6 Å². The molecule has 20 heteroatoms. The maximum Gasteiger partial charge on any atom is 0.303 e. The molecular weight excluding hydrogens is 1000 g/mol. The lowest BCUT2D eigenvalue weighted by Gasteiger charge is -2.52. The number of carboxylic acid groups (broad SMARTS) is 2. The van der Waals surface area contributed by atoms with E-state index in [1.165, 1.54) is 20.5 Å². The van der Waals surface area contributed by atoms with Gasteiger partial charge in [-0.3, -0.25) is 52.8 Å². The molecule has 0 fully saturated rings. The van der Waals surface area contributed by atoms with Crippen LogP contribution >= 0.6 is 0 Å². The second-order valence-corrected chi connectivity index (χ2v) is 19.7. The summed E-state index contributed by atoms with van der Waals surface area (Å²) in [5.74, 6) is -10.6.